The van der Waals surface area contributed by atoms with Crippen LogP contribution in [0.1, 0.15) is 76.3 Å². The van der Waals surface area contributed by atoms with E-state index in [2.05, 4.69) is 70.4 Å². The first-order valence-corrected chi connectivity index (χ1v) is 13.2. The van der Waals surface area contributed by atoms with Crippen LogP contribution in [0.3, 0.4) is 0 Å². The second-order valence-electron chi connectivity index (χ2n) is 10.0. The maximum Gasteiger partial charge on any atom is 0.311 e. The third-order valence-electron chi connectivity index (χ3n) is 6.28. The predicted molar refractivity (Wildman–Crippen MR) is 141 cm³/mol. The minimum atomic E-state index is -0.155. The molecule has 0 aliphatic carbocycles. The average Bonchev–Trinajstić information content (AvgIpc) is 2.83. The number of unbranched alkanes of at least 4 members (excludes halogenated alkanes) is 5. The molecule has 34 heavy (non-hydrogen) atoms. The number of carbonyl (C=O) groups is 1. The maximum atomic E-state index is 12.4. The van der Waals surface area contributed by atoms with Crippen LogP contribution < -0.4 is 4.74 Å². The van der Waals surface area contributed by atoms with Crippen molar-refractivity contribution < 1.29 is 18.8 Å². The standard InChI is InChI=1S/C30H46NO3/c1-5-7-8-9-10-12-16-26-19-15-20-29(23-26)34-28(6-2)25-33-30(32)21-22-31(3,4)24-27-17-13-11-14-18-27/h11,13-15,17-20,23,28H,5-10,12,16,21-22,24-25H2,1-4H3/q+1. The van der Waals surface area contributed by atoms with Gasteiger partial charge in [0.2, 0.25) is 0 Å². The Morgan fingerprint density at radius 2 is 1.59 bits per heavy atom. The van der Waals surface area contributed by atoms with Crippen molar-refractivity contribution in [1.29, 1.82) is 0 Å². The number of hydrogen-bond donors (Lipinski definition) is 0. The zero-order chi connectivity index (χ0) is 24.7. The summed E-state index contributed by atoms with van der Waals surface area (Å²) in [5.74, 6) is 0.713. The van der Waals surface area contributed by atoms with Crippen LogP contribution >= 0.6 is 0 Å². The topological polar surface area (TPSA) is 35.5 Å². The molecule has 0 aliphatic heterocycles. The van der Waals surface area contributed by atoms with E-state index in [0.29, 0.717) is 13.0 Å². The highest BCUT2D eigenvalue weighted by Gasteiger charge is 2.19. The molecule has 0 aliphatic rings. The summed E-state index contributed by atoms with van der Waals surface area (Å²) in [5, 5.41) is 0. The van der Waals surface area contributed by atoms with Gasteiger partial charge in [0.1, 0.15) is 25.0 Å². The van der Waals surface area contributed by atoms with Crippen LogP contribution in [0.15, 0.2) is 54.6 Å². The summed E-state index contributed by atoms with van der Waals surface area (Å²) < 4.78 is 12.5. The van der Waals surface area contributed by atoms with E-state index in [9.17, 15) is 4.79 Å². The van der Waals surface area contributed by atoms with E-state index in [-0.39, 0.29) is 12.1 Å². The zero-order valence-electron chi connectivity index (χ0n) is 21.9. The van der Waals surface area contributed by atoms with Crippen LogP contribution in [0, 0.1) is 0 Å². The second-order valence-corrected chi connectivity index (χ2v) is 10.0. The lowest BCUT2D eigenvalue weighted by molar-refractivity contribution is -0.903. The monoisotopic (exact) mass is 468 g/mol. The molecular weight excluding hydrogens is 422 g/mol. The van der Waals surface area contributed by atoms with Gasteiger partial charge < -0.3 is 14.0 Å². The summed E-state index contributed by atoms with van der Waals surface area (Å²) in [6, 6.07) is 18.8. The molecule has 1 atom stereocenters. The van der Waals surface area contributed by atoms with Gasteiger partial charge in [0.25, 0.3) is 0 Å². The molecule has 0 amide bonds. The molecule has 4 heteroatoms. The largest absolute Gasteiger partial charge is 0.487 e. The summed E-state index contributed by atoms with van der Waals surface area (Å²) in [7, 11) is 4.30. The molecule has 2 rings (SSSR count). The SMILES string of the molecule is CCCCCCCCc1cccc(OC(CC)COC(=O)CC[N+](C)(C)Cc2ccccc2)c1. The average molecular weight is 469 g/mol. The highest BCUT2D eigenvalue weighted by Crippen LogP contribution is 2.19. The Labute approximate surface area is 207 Å². The molecule has 0 fully saturated rings. The summed E-state index contributed by atoms with van der Waals surface area (Å²) in [6.07, 6.45) is 9.99. The number of quaternary nitrogens is 1. The Kier molecular flexibility index (Phi) is 12.8. The first-order valence-electron chi connectivity index (χ1n) is 13.2. The van der Waals surface area contributed by atoms with E-state index in [1.54, 1.807) is 0 Å². The molecule has 0 radical (unpaired) electrons. The first-order chi connectivity index (χ1) is 16.4. The number of carbonyl (C=O) groups excluding carboxylic acids is 1. The quantitative estimate of drug-likeness (QED) is 0.143. The number of aryl methyl sites for hydroxylation is 1. The summed E-state index contributed by atoms with van der Waals surface area (Å²) in [5.41, 5.74) is 2.59. The fourth-order valence-electron chi connectivity index (χ4n) is 4.12. The second kappa shape index (κ2) is 15.5. The van der Waals surface area contributed by atoms with Crippen molar-refractivity contribution in [3.8, 4) is 5.75 Å². The molecule has 0 saturated carbocycles. The van der Waals surface area contributed by atoms with E-state index in [4.69, 9.17) is 9.47 Å². The molecule has 1 unspecified atom stereocenters. The smallest absolute Gasteiger partial charge is 0.311 e. The van der Waals surface area contributed by atoms with Gasteiger partial charge >= 0.3 is 5.97 Å². The molecule has 0 spiro atoms. The molecule has 2 aromatic rings. The number of nitrogens with zero attached hydrogens (tertiary/aromatic N) is 1. The van der Waals surface area contributed by atoms with E-state index in [1.165, 1.54) is 49.7 Å². The number of hydrogen-bond acceptors (Lipinski definition) is 3. The van der Waals surface area contributed by atoms with Gasteiger partial charge in [-0.3, -0.25) is 4.79 Å². The molecular formula is C30H46NO3+. The number of esters is 1. The van der Waals surface area contributed by atoms with E-state index < -0.39 is 0 Å². The number of rotatable bonds is 17. The molecule has 0 saturated heterocycles. The van der Waals surface area contributed by atoms with Crippen molar-refractivity contribution in [3.05, 3.63) is 65.7 Å². The number of benzene rings is 2. The van der Waals surface area contributed by atoms with Gasteiger partial charge in [-0.15, -0.1) is 0 Å². The molecule has 188 valence electrons. The third-order valence-corrected chi connectivity index (χ3v) is 6.28. The molecule has 0 bridgehead atoms. The fraction of sp³-hybridized carbons (Fsp3) is 0.567. The van der Waals surface area contributed by atoms with Crippen molar-refractivity contribution in [2.45, 2.75) is 84.3 Å². The summed E-state index contributed by atoms with van der Waals surface area (Å²) in [4.78, 5) is 12.4. The zero-order valence-corrected chi connectivity index (χ0v) is 21.9. The summed E-state index contributed by atoms with van der Waals surface area (Å²) in [6.45, 7) is 6.25. The van der Waals surface area contributed by atoms with Crippen LogP contribution in [-0.4, -0.2) is 43.8 Å². The minimum absolute atomic E-state index is 0.125. The van der Waals surface area contributed by atoms with Gasteiger partial charge in [-0.05, 0) is 37.0 Å². The van der Waals surface area contributed by atoms with Crippen molar-refractivity contribution in [2.75, 3.05) is 27.2 Å². The lowest BCUT2D eigenvalue weighted by Gasteiger charge is -2.29. The van der Waals surface area contributed by atoms with Crippen LogP contribution in [0.2, 0.25) is 0 Å². The van der Waals surface area contributed by atoms with Gasteiger partial charge in [-0.1, -0.05) is 88.4 Å². The van der Waals surface area contributed by atoms with Crippen LogP contribution in [-0.2, 0) is 22.5 Å². The van der Waals surface area contributed by atoms with E-state index >= 15 is 0 Å². The highest BCUT2D eigenvalue weighted by molar-refractivity contribution is 5.69. The van der Waals surface area contributed by atoms with Crippen LogP contribution in [0.5, 0.6) is 5.75 Å². The van der Waals surface area contributed by atoms with Gasteiger partial charge in [0.05, 0.1) is 27.1 Å². The maximum absolute atomic E-state index is 12.4. The van der Waals surface area contributed by atoms with Crippen molar-refractivity contribution in [2.24, 2.45) is 0 Å². The molecule has 0 heterocycles. The number of ether oxygens (including phenoxy) is 2. The van der Waals surface area contributed by atoms with Gasteiger partial charge in [-0.25, -0.2) is 0 Å². The first kappa shape index (κ1) is 27.9. The molecule has 4 nitrogen and oxygen atoms in total. The lowest BCUT2D eigenvalue weighted by Crippen LogP contribution is -2.40. The van der Waals surface area contributed by atoms with Gasteiger partial charge in [0, 0.05) is 5.56 Å². The predicted octanol–water partition coefficient (Wildman–Crippen LogP) is 6.96. The Morgan fingerprint density at radius 1 is 0.882 bits per heavy atom. The Balaban J connectivity index is 1.72. The van der Waals surface area contributed by atoms with Crippen molar-refractivity contribution in [1.82, 2.24) is 0 Å². The van der Waals surface area contributed by atoms with E-state index in [0.717, 1.165) is 36.2 Å². The Morgan fingerprint density at radius 3 is 2.32 bits per heavy atom. The van der Waals surface area contributed by atoms with Crippen molar-refractivity contribution in [3.63, 3.8) is 0 Å². The van der Waals surface area contributed by atoms with Crippen LogP contribution in [0.4, 0.5) is 0 Å². The van der Waals surface area contributed by atoms with Crippen LogP contribution in [0.25, 0.3) is 0 Å². The third kappa shape index (κ3) is 11.7. The van der Waals surface area contributed by atoms with E-state index in [1.807, 2.05) is 12.1 Å². The lowest BCUT2D eigenvalue weighted by atomic mass is 10.0. The highest BCUT2D eigenvalue weighted by atomic mass is 16.6. The fourth-order valence-corrected chi connectivity index (χ4v) is 4.12. The van der Waals surface area contributed by atoms with Gasteiger partial charge in [-0.2, -0.15) is 0 Å². The Hall–Kier alpha value is -2.33. The summed E-state index contributed by atoms with van der Waals surface area (Å²) >= 11 is 0. The van der Waals surface area contributed by atoms with Gasteiger partial charge in [0.15, 0.2) is 0 Å². The normalized spacial score (nSPS) is 12.4. The minimum Gasteiger partial charge on any atom is -0.487 e. The van der Waals surface area contributed by atoms with Crippen molar-refractivity contribution >= 4 is 5.97 Å². The molecule has 0 N–H and O–H groups in total. The molecule has 0 aromatic heterocycles. The molecule has 2 aromatic carbocycles. The Bertz CT molecular complexity index is 819.